The van der Waals surface area contributed by atoms with Crippen molar-refractivity contribution in [1.29, 1.82) is 5.26 Å². The Bertz CT molecular complexity index is 636. The summed E-state index contributed by atoms with van der Waals surface area (Å²) in [4.78, 5) is 11.9. The van der Waals surface area contributed by atoms with Gasteiger partial charge in [-0.1, -0.05) is 26.0 Å². The molecule has 2 aromatic rings. The fourth-order valence-electron chi connectivity index (χ4n) is 1.76. The van der Waals surface area contributed by atoms with E-state index < -0.39 is 0 Å². The predicted octanol–water partition coefficient (Wildman–Crippen LogP) is 1.91. The number of benzene rings is 1. The number of hydrogen-bond donors (Lipinski definition) is 1. The Morgan fingerprint density at radius 1 is 1.40 bits per heavy atom. The highest BCUT2D eigenvalue weighted by Crippen LogP contribution is 2.17. The average molecular weight is 269 g/mol. The first-order chi connectivity index (χ1) is 9.60. The molecule has 20 heavy (non-hydrogen) atoms. The molecule has 1 aromatic heterocycles. The summed E-state index contributed by atoms with van der Waals surface area (Å²) in [5.41, 5.74) is 1.94. The standard InChI is InChI=1S/C14H15N5O/c1-10(2)11-3-5-12(6-4-11)17-14(20)8-19-9-16-18-13(19)7-15/h3-6,9-10H,8H2,1-2H3,(H,17,20). The molecule has 1 aromatic carbocycles. The molecule has 6 heteroatoms. The van der Waals surface area contributed by atoms with Gasteiger partial charge in [0.2, 0.25) is 11.7 Å². The largest absolute Gasteiger partial charge is 0.325 e. The van der Waals surface area contributed by atoms with Gasteiger partial charge in [0, 0.05) is 5.69 Å². The number of amides is 1. The molecule has 0 saturated carbocycles. The van der Waals surface area contributed by atoms with Gasteiger partial charge >= 0.3 is 0 Å². The van der Waals surface area contributed by atoms with Crippen molar-refractivity contribution in [3.8, 4) is 6.07 Å². The van der Waals surface area contributed by atoms with Crippen molar-refractivity contribution < 1.29 is 4.79 Å². The lowest BCUT2D eigenvalue weighted by molar-refractivity contribution is -0.116. The molecular formula is C14H15N5O. The molecule has 1 N–H and O–H groups in total. The van der Waals surface area contributed by atoms with Gasteiger partial charge in [0.1, 0.15) is 18.9 Å². The molecule has 1 amide bonds. The van der Waals surface area contributed by atoms with Crippen LogP contribution in [0.25, 0.3) is 0 Å². The number of anilines is 1. The van der Waals surface area contributed by atoms with E-state index >= 15 is 0 Å². The van der Waals surface area contributed by atoms with Crippen molar-refractivity contribution in [2.75, 3.05) is 5.32 Å². The molecule has 102 valence electrons. The van der Waals surface area contributed by atoms with E-state index in [1.54, 1.807) is 0 Å². The van der Waals surface area contributed by atoms with Crippen LogP contribution in [0.3, 0.4) is 0 Å². The first-order valence-corrected chi connectivity index (χ1v) is 6.28. The van der Waals surface area contributed by atoms with Crippen molar-refractivity contribution in [3.05, 3.63) is 42.0 Å². The average Bonchev–Trinajstić information content (AvgIpc) is 2.86. The highest BCUT2D eigenvalue weighted by molar-refractivity contribution is 5.90. The zero-order valence-electron chi connectivity index (χ0n) is 11.4. The molecule has 0 saturated heterocycles. The second kappa shape index (κ2) is 5.97. The molecule has 0 aliphatic rings. The second-order valence-electron chi connectivity index (χ2n) is 4.72. The third-order valence-corrected chi connectivity index (χ3v) is 2.89. The Hall–Kier alpha value is -2.68. The first kappa shape index (κ1) is 13.7. The minimum Gasteiger partial charge on any atom is -0.325 e. The number of rotatable bonds is 4. The number of carbonyl (C=O) groups excluding carboxylic acids is 1. The molecule has 0 radical (unpaired) electrons. The van der Waals surface area contributed by atoms with Crippen molar-refractivity contribution in [3.63, 3.8) is 0 Å². The van der Waals surface area contributed by atoms with E-state index in [4.69, 9.17) is 5.26 Å². The van der Waals surface area contributed by atoms with Crippen LogP contribution in [0.2, 0.25) is 0 Å². The van der Waals surface area contributed by atoms with E-state index in [0.29, 0.717) is 5.92 Å². The Kier molecular flexibility index (Phi) is 4.11. The number of aromatic nitrogens is 3. The minimum atomic E-state index is -0.224. The summed E-state index contributed by atoms with van der Waals surface area (Å²) in [5, 5.41) is 18.8. The molecule has 0 atom stereocenters. The summed E-state index contributed by atoms with van der Waals surface area (Å²) in [6.45, 7) is 4.24. The quantitative estimate of drug-likeness (QED) is 0.919. The molecule has 0 unspecified atom stereocenters. The monoisotopic (exact) mass is 269 g/mol. The summed E-state index contributed by atoms with van der Waals surface area (Å²) < 4.78 is 1.40. The van der Waals surface area contributed by atoms with Gasteiger partial charge in [-0.05, 0) is 23.6 Å². The Morgan fingerprint density at radius 2 is 2.10 bits per heavy atom. The van der Waals surface area contributed by atoms with Crippen LogP contribution in [0.15, 0.2) is 30.6 Å². The van der Waals surface area contributed by atoms with E-state index in [-0.39, 0.29) is 18.3 Å². The first-order valence-electron chi connectivity index (χ1n) is 6.28. The van der Waals surface area contributed by atoms with Gasteiger partial charge in [0.05, 0.1) is 0 Å². The lowest BCUT2D eigenvalue weighted by Gasteiger charge is -2.08. The molecular weight excluding hydrogens is 254 g/mol. The molecule has 1 heterocycles. The van der Waals surface area contributed by atoms with E-state index in [0.717, 1.165) is 5.69 Å². The maximum Gasteiger partial charge on any atom is 0.244 e. The summed E-state index contributed by atoms with van der Waals surface area (Å²) in [7, 11) is 0. The smallest absolute Gasteiger partial charge is 0.244 e. The normalized spacial score (nSPS) is 10.3. The van der Waals surface area contributed by atoms with E-state index in [9.17, 15) is 4.79 Å². The van der Waals surface area contributed by atoms with E-state index in [1.807, 2.05) is 30.3 Å². The molecule has 0 aliphatic carbocycles. The van der Waals surface area contributed by atoms with Crippen LogP contribution in [0.4, 0.5) is 5.69 Å². The van der Waals surface area contributed by atoms with E-state index in [2.05, 4.69) is 29.4 Å². The van der Waals surface area contributed by atoms with Gasteiger partial charge in [-0.2, -0.15) is 5.26 Å². The van der Waals surface area contributed by atoms with Crippen molar-refractivity contribution in [2.24, 2.45) is 0 Å². The molecule has 0 aliphatic heterocycles. The van der Waals surface area contributed by atoms with Crippen LogP contribution in [0.1, 0.15) is 31.2 Å². The Morgan fingerprint density at radius 3 is 2.70 bits per heavy atom. The zero-order chi connectivity index (χ0) is 14.5. The molecule has 0 fully saturated rings. The summed E-state index contributed by atoms with van der Waals surface area (Å²) in [5.74, 6) is 0.351. The number of nitrogens with zero attached hydrogens (tertiary/aromatic N) is 4. The topological polar surface area (TPSA) is 83.6 Å². The second-order valence-corrected chi connectivity index (χ2v) is 4.72. The number of nitrogens with one attached hydrogen (secondary N) is 1. The Balaban J connectivity index is 2.00. The summed E-state index contributed by atoms with van der Waals surface area (Å²) >= 11 is 0. The van der Waals surface area contributed by atoms with Gasteiger partial charge in [0.25, 0.3) is 0 Å². The predicted molar refractivity (Wildman–Crippen MR) is 73.9 cm³/mol. The molecule has 0 bridgehead atoms. The number of carbonyl (C=O) groups is 1. The fraction of sp³-hybridized carbons (Fsp3) is 0.286. The van der Waals surface area contributed by atoms with Gasteiger partial charge in [0.15, 0.2) is 0 Å². The fourth-order valence-corrected chi connectivity index (χ4v) is 1.76. The van der Waals surface area contributed by atoms with Crippen LogP contribution in [-0.2, 0) is 11.3 Å². The van der Waals surface area contributed by atoms with Crippen LogP contribution in [0, 0.1) is 11.3 Å². The molecule has 6 nitrogen and oxygen atoms in total. The van der Waals surface area contributed by atoms with Crippen molar-refractivity contribution >= 4 is 11.6 Å². The van der Waals surface area contributed by atoms with Gasteiger partial charge in [-0.25, -0.2) is 0 Å². The van der Waals surface area contributed by atoms with Crippen LogP contribution >= 0.6 is 0 Å². The minimum absolute atomic E-state index is 0.0157. The zero-order valence-corrected chi connectivity index (χ0v) is 11.4. The molecule has 0 spiro atoms. The molecule has 2 rings (SSSR count). The van der Waals surface area contributed by atoms with E-state index in [1.165, 1.54) is 16.5 Å². The Labute approximate surface area is 117 Å². The lowest BCUT2D eigenvalue weighted by atomic mass is 10.0. The third kappa shape index (κ3) is 3.20. The van der Waals surface area contributed by atoms with Crippen LogP contribution < -0.4 is 5.32 Å². The highest BCUT2D eigenvalue weighted by Gasteiger charge is 2.08. The van der Waals surface area contributed by atoms with Crippen LogP contribution in [0.5, 0.6) is 0 Å². The maximum absolute atomic E-state index is 11.9. The highest BCUT2D eigenvalue weighted by atomic mass is 16.1. The summed E-state index contributed by atoms with van der Waals surface area (Å²) in [6.07, 6.45) is 1.36. The van der Waals surface area contributed by atoms with Gasteiger partial charge < -0.3 is 5.32 Å². The van der Waals surface area contributed by atoms with Gasteiger partial charge in [-0.3, -0.25) is 9.36 Å². The van der Waals surface area contributed by atoms with Crippen molar-refractivity contribution in [1.82, 2.24) is 14.8 Å². The van der Waals surface area contributed by atoms with Crippen LogP contribution in [-0.4, -0.2) is 20.7 Å². The summed E-state index contributed by atoms with van der Waals surface area (Å²) in [6, 6.07) is 9.58. The maximum atomic E-state index is 11.9. The third-order valence-electron chi connectivity index (χ3n) is 2.89. The van der Waals surface area contributed by atoms with Gasteiger partial charge in [-0.15, -0.1) is 10.2 Å². The number of hydrogen-bond acceptors (Lipinski definition) is 4. The SMILES string of the molecule is CC(C)c1ccc(NC(=O)Cn2cnnc2C#N)cc1. The number of nitriles is 1. The van der Waals surface area contributed by atoms with Crippen molar-refractivity contribution in [2.45, 2.75) is 26.3 Å². The lowest BCUT2D eigenvalue weighted by Crippen LogP contribution is -2.19.